The average molecular weight is 296 g/mol. The number of carbonyl (C=O) groups excluding carboxylic acids is 1. The molecular weight excluding hydrogens is 276 g/mol. The van der Waals surface area contributed by atoms with Crippen LogP contribution in [-0.2, 0) is 11.3 Å². The Balaban J connectivity index is 2.64. The monoisotopic (exact) mass is 296 g/mol. The van der Waals surface area contributed by atoms with E-state index in [9.17, 15) is 9.59 Å². The maximum Gasteiger partial charge on any atom is 0.328 e. The minimum atomic E-state index is -0.966. The lowest BCUT2D eigenvalue weighted by Crippen LogP contribution is -2.40. The zero-order valence-electron chi connectivity index (χ0n) is 12.0. The van der Waals surface area contributed by atoms with Crippen LogP contribution < -0.4 is 0 Å². The van der Waals surface area contributed by atoms with Gasteiger partial charge in [-0.2, -0.15) is 0 Å². The third-order valence-electron chi connectivity index (χ3n) is 2.85. The summed E-state index contributed by atoms with van der Waals surface area (Å²) in [5, 5.41) is 10.5. The summed E-state index contributed by atoms with van der Waals surface area (Å²) in [5.41, 5.74) is 0.844. The molecule has 0 saturated heterocycles. The predicted molar refractivity (Wildman–Crippen MR) is 80.8 cm³/mol. The summed E-state index contributed by atoms with van der Waals surface area (Å²) < 4.78 is 0. The van der Waals surface area contributed by atoms with Gasteiger partial charge in [0, 0.05) is 31.1 Å². The number of hydrogen-bond donors (Lipinski definition) is 1. The zero-order valence-corrected chi connectivity index (χ0v) is 12.8. The third kappa shape index (κ3) is 4.70. The highest BCUT2D eigenvalue weighted by atomic mass is 32.1. The van der Waals surface area contributed by atoms with Crippen molar-refractivity contribution in [2.45, 2.75) is 20.4 Å². The molecule has 110 valence electrons. The summed E-state index contributed by atoms with van der Waals surface area (Å²) in [6.07, 6.45) is 2.66. The molecule has 0 spiro atoms. The fraction of sp³-hybridized carbons (Fsp3) is 0.429. The van der Waals surface area contributed by atoms with E-state index >= 15 is 0 Å². The van der Waals surface area contributed by atoms with Crippen LogP contribution in [0.4, 0.5) is 4.79 Å². The Hall–Kier alpha value is -1.82. The molecule has 0 aromatic carbocycles. The number of nitrogens with zero attached hydrogens (tertiary/aromatic N) is 2. The van der Waals surface area contributed by atoms with E-state index in [4.69, 9.17) is 5.11 Å². The summed E-state index contributed by atoms with van der Waals surface area (Å²) in [4.78, 5) is 27.0. The van der Waals surface area contributed by atoms with Crippen molar-refractivity contribution in [2.75, 3.05) is 20.1 Å². The molecule has 0 saturated carbocycles. The van der Waals surface area contributed by atoms with E-state index in [1.807, 2.05) is 25.3 Å². The van der Waals surface area contributed by atoms with E-state index in [0.29, 0.717) is 19.6 Å². The number of rotatable bonds is 6. The van der Waals surface area contributed by atoms with Gasteiger partial charge >= 0.3 is 12.0 Å². The van der Waals surface area contributed by atoms with Crippen molar-refractivity contribution < 1.29 is 14.7 Å². The van der Waals surface area contributed by atoms with Gasteiger partial charge < -0.3 is 14.9 Å². The number of hydrogen-bond acceptors (Lipinski definition) is 3. The third-order valence-corrected chi connectivity index (χ3v) is 3.79. The highest BCUT2D eigenvalue weighted by Crippen LogP contribution is 2.18. The standard InChI is InChI=1S/C14H20N2O3S/c1-4-16(5-2)14(19)15(3)9-12-8-11(10-20-12)6-7-13(17)18/h6-8,10H,4-5,9H2,1-3H3,(H,17,18). The first-order chi connectivity index (χ1) is 9.47. The van der Waals surface area contributed by atoms with Crippen LogP contribution in [0.3, 0.4) is 0 Å². The zero-order chi connectivity index (χ0) is 15.1. The quantitative estimate of drug-likeness (QED) is 0.821. The van der Waals surface area contributed by atoms with Crippen molar-refractivity contribution in [1.82, 2.24) is 9.80 Å². The van der Waals surface area contributed by atoms with Crippen LogP contribution in [-0.4, -0.2) is 47.0 Å². The molecule has 1 heterocycles. The Morgan fingerprint density at radius 3 is 2.55 bits per heavy atom. The Morgan fingerprint density at radius 2 is 2.00 bits per heavy atom. The SMILES string of the molecule is CCN(CC)C(=O)N(C)Cc1cc(C=CC(=O)O)cs1. The van der Waals surface area contributed by atoms with Crippen LogP contribution in [0.1, 0.15) is 24.3 Å². The van der Waals surface area contributed by atoms with Crippen LogP contribution in [0, 0.1) is 0 Å². The Labute approximate surface area is 123 Å². The maximum absolute atomic E-state index is 12.1. The molecule has 0 aliphatic carbocycles. The number of carboxylic acid groups (broad SMARTS) is 1. The van der Waals surface area contributed by atoms with Crippen molar-refractivity contribution >= 4 is 29.4 Å². The topological polar surface area (TPSA) is 60.9 Å². The van der Waals surface area contributed by atoms with E-state index in [1.54, 1.807) is 22.9 Å². The molecule has 0 atom stereocenters. The first-order valence-corrected chi connectivity index (χ1v) is 7.34. The number of amides is 2. The summed E-state index contributed by atoms with van der Waals surface area (Å²) >= 11 is 1.52. The van der Waals surface area contributed by atoms with Gasteiger partial charge in [-0.25, -0.2) is 9.59 Å². The fourth-order valence-electron chi connectivity index (χ4n) is 1.77. The highest BCUT2D eigenvalue weighted by Gasteiger charge is 2.15. The van der Waals surface area contributed by atoms with Crippen molar-refractivity contribution in [3.63, 3.8) is 0 Å². The van der Waals surface area contributed by atoms with Gasteiger partial charge in [-0.1, -0.05) is 0 Å². The molecule has 0 radical (unpaired) electrons. The minimum Gasteiger partial charge on any atom is -0.478 e. The largest absolute Gasteiger partial charge is 0.478 e. The Morgan fingerprint density at radius 1 is 1.35 bits per heavy atom. The van der Waals surface area contributed by atoms with Gasteiger partial charge in [-0.05, 0) is 36.9 Å². The molecule has 0 aliphatic heterocycles. The van der Waals surface area contributed by atoms with E-state index in [1.165, 1.54) is 11.3 Å². The molecule has 20 heavy (non-hydrogen) atoms. The van der Waals surface area contributed by atoms with Gasteiger partial charge in [-0.15, -0.1) is 11.3 Å². The highest BCUT2D eigenvalue weighted by molar-refractivity contribution is 7.10. The maximum atomic E-state index is 12.1. The van der Waals surface area contributed by atoms with Crippen molar-refractivity contribution in [3.8, 4) is 0 Å². The molecule has 0 bridgehead atoms. The lowest BCUT2D eigenvalue weighted by atomic mass is 10.3. The Kier molecular flexibility index (Phi) is 6.24. The molecule has 6 heteroatoms. The number of thiophene rings is 1. The summed E-state index contributed by atoms with van der Waals surface area (Å²) in [6.45, 7) is 5.82. The summed E-state index contributed by atoms with van der Waals surface area (Å²) in [5.74, 6) is -0.966. The molecule has 1 N–H and O–H groups in total. The van der Waals surface area contributed by atoms with Crippen LogP contribution in [0.25, 0.3) is 6.08 Å². The lowest BCUT2D eigenvalue weighted by Gasteiger charge is -2.25. The normalized spacial score (nSPS) is 10.8. The smallest absolute Gasteiger partial charge is 0.328 e. The minimum absolute atomic E-state index is 0.00558. The second kappa shape index (κ2) is 7.69. The molecule has 1 aromatic heterocycles. The molecule has 1 rings (SSSR count). The molecule has 5 nitrogen and oxygen atoms in total. The number of carbonyl (C=O) groups is 2. The van der Waals surface area contributed by atoms with Crippen LogP contribution in [0.15, 0.2) is 17.5 Å². The second-order valence-corrected chi connectivity index (χ2v) is 5.32. The molecular formula is C14H20N2O3S. The van der Waals surface area contributed by atoms with E-state index in [2.05, 4.69) is 0 Å². The van der Waals surface area contributed by atoms with Gasteiger partial charge in [0.05, 0.1) is 6.54 Å². The summed E-state index contributed by atoms with van der Waals surface area (Å²) in [7, 11) is 1.77. The molecule has 0 aliphatic rings. The van der Waals surface area contributed by atoms with Crippen molar-refractivity contribution in [3.05, 3.63) is 28.0 Å². The van der Waals surface area contributed by atoms with Gasteiger partial charge in [0.25, 0.3) is 0 Å². The number of urea groups is 1. The average Bonchev–Trinajstić information content (AvgIpc) is 2.85. The lowest BCUT2D eigenvalue weighted by molar-refractivity contribution is -0.131. The first-order valence-electron chi connectivity index (χ1n) is 6.46. The van der Waals surface area contributed by atoms with E-state index < -0.39 is 5.97 Å². The molecule has 0 fully saturated rings. The van der Waals surface area contributed by atoms with Gasteiger partial charge in [-0.3, -0.25) is 0 Å². The fourth-order valence-corrected chi connectivity index (χ4v) is 2.68. The molecule has 0 unspecified atom stereocenters. The molecule has 1 aromatic rings. The second-order valence-electron chi connectivity index (χ2n) is 4.33. The van der Waals surface area contributed by atoms with Gasteiger partial charge in [0.2, 0.25) is 0 Å². The summed E-state index contributed by atoms with van der Waals surface area (Å²) in [6, 6.07) is 1.90. The van der Waals surface area contributed by atoms with Crippen molar-refractivity contribution in [2.24, 2.45) is 0 Å². The molecule has 2 amide bonds. The first kappa shape index (κ1) is 16.2. The van der Waals surface area contributed by atoms with E-state index in [0.717, 1.165) is 16.5 Å². The van der Waals surface area contributed by atoms with Crippen molar-refractivity contribution in [1.29, 1.82) is 0 Å². The van der Waals surface area contributed by atoms with Gasteiger partial charge in [0.15, 0.2) is 0 Å². The van der Waals surface area contributed by atoms with Crippen LogP contribution in [0.2, 0.25) is 0 Å². The number of aliphatic carboxylic acids is 1. The predicted octanol–water partition coefficient (Wildman–Crippen LogP) is 2.74. The Bertz CT molecular complexity index is 492. The number of carboxylic acids is 1. The van der Waals surface area contributed by atoms with Crippen LogP contribution in [0.5, 0.6) is 0 Å². The van der Waals surface area contributed by atoms with Crippen LogP contribution >= 0.6 is 11.3 Å². The van der Waals surface area contributed by atoms with Gasteiger partial charge in [0.1, 0.15) is 0 Å². The van der Waals surface area contributed by atoms with E-state index in [-0.39, 0.29) is 6.03 Å².